The first-order valence-electron chi connectivity index (χ1n) is 10.4. The van der Waals surface area contributed by atoms with Gasteiger partial charge in [-0.1, -0.05) is 31.8 Å². The van der Waals surface area contributed by atoms with Crippen LogP contribution in [0.5, 0.6) is 0 Å². The monoisotopic (exact) mass is 409 g/mol. The molecule has 2 rings (SSSR count). The van der Waals surface area contributed by atoms with Crippen molar-refractivity contribution in [3.63, 3.8) is 0 Å². The Bertz CT molecular complexity index is 634. The van der Waals surface area contributed by atoms with E-state index in [4.69, 9.17) is 0 Å². The van der Waals surface area contributed by atoms with Gasteiger partial charge >= 0.3 is 18.0 Å². The van der Waals surface area contributed by atoms with Crippen molar-refractivity contribution in [2.24, 2.45) is 11.8 Å². The third-order valence-corrected chi connectivity index (χ3v) is 6.24. The number of likely N-dealkylation sites (tertiary alicyclic amines) is 1. The predicted octanol–water partition coefficient (Wildman–Crippen LogP) is 2.16. The zero-order chi connectivity index (χ0) is 21.4. The molecule has 0 aromatic rings. The number of nitrogens with zero attached hydrogens (tertiary/aromatic N) is 2. The molecule has 0 radical (unpaired) electrons. The van der Waals surface area contributed by atoms with Crippen LogP contribution in [0.15, 0.2) is 12.7 Å². The fourth-order valence-corrected chi connectivity index (χ4v) is 4.71. The molecule has 3 N–H and O–H groups in total. The number of imide groups is 2. The minimum atomic E-state index is -0.677. The summed E-state index contributed by atoms with van der Waals surface area (Å²) in [4.78, 5) is 49.7. The van der Waals surface area contributed by atoms with E-state index < -0.39 is 22.5 Å². The highest BCUT2D eigenvalue weighted by molar-refractivity contribution is 5.95. The fraction of sp³-hybridized carbons (Fsp3) is 0.700. The van der Waals surface area contributed by atoms with Crippen LogP contribution in [0.3, 0.4) is 0 Å². The second-order valence-corrected chi connectivity index (χ2v) is 8.16. The number of hydrogen-bond donors (Lipinski definition) is 3. The molecule has 162 valence electrons. The third-order valence-electron chi connectivity index (χ3n) is 6.24. The Morgan fingerprint density at radius 2 is 1.93 bits per heavy atom. The molecule has 0 bridgehead atoms. The molecule has 0 spiro atoms. The van der Waals surface area contributed by atoms with Gasteiger partial charge in [0.2, 0.25) is 6.41 Å². The van der Waals surface area contributed by atoms with Crippen LogP contribution in [0.25, 0.3) is 0 Å². The molecule has 29 heavy (non-hydrogen) atoms. The van der Waals surface area contributed by atoms with Gasteiger partial charge in [0, 0.05) is 19.4 Å². The van der Waals surface area contributed by atoms with E-state index in [1.54, 1.807) is 0 Å². The molecule has 2 aliphatic rings. The fourth-order valence-electron chi connectivity index (χ4n) is 4.71. The number of carbonyl (C=O) groups is 4. The summed E-state index contributed by atoms with van der Waals surface area (Å²) < 4.78 is -0.481. The Balaban J connectivity index is 2.25. The maximum absolute atomic E-state index is 13.7. The van der Waals surface area contributed by atoms with Gasteiger partial charge in [0.1, 0.15) is 6.04 Å². The number of hydrogen-bond acceptors (Lipinski definition) is 5. The van der Waals surface area contributed by atoms with Gasteiger partial charge in [-0.05, 0) is 19.3 Å². The number of rotatable bonds is 8. The lowest BCUT2D eigenvalue weighted by atomic mass is 9.91. The van der Waals surface area contributed by atoms with Crippen LogP contribution in [0.1, 0.15) is 51.9 Å². The van der Waals surface area contributed by atoms with Gasteiger partial charge in [-0.2, -0.15) is 4.48 Å². The minimum absolute atomic E-state index is 0.151. The molecule has 9 nitrogen and oxygen atoms in total. The Kier molecular flexibility index (Phi) is 8.33. The highest BCUT2D eigenvalue weighted by Crippen LogP contribution is 2.35. The van der Waals surface area contributed by atoms with Crippen molar-refractivity contribution in [1.29, 1.82) is 0 Å². The van der Waals surface area contributed by atoms with E-state index in [0.717, 1.165) is 25.7 Å². The number of quaternary nitrogens is 1. The van der Waals surface area contributed by atoms with Gasteiger partial charge in [0.15, 0.2) is 0 Å². The van der Waals surface area contributed by atoms with Gasteiger partial charge in [-0.25, -0.2) is 24.8 Å². The molecule has 0 aromatic heterocycles. The molecule has 2 fully saturated rings. The van der Waals surface area contributed by atoms with Crippen molar-refractivity contribution in [3.05, 3.63) is 12.7 Å². The first-order valence-corrected chi connectivity index (χ1v) is 10.4. The summed E-state index contributed by atoms with van der Waals surface area (Å²) in [5.41, 5.74) is 0. The van der Waals surface area contributed by atoms with E-state index in [9.17, 15) is 24.4 Å². The molecule has 1 aliphatic heterocycles. The molecular weight excluding hydrogens is 376 g/mol. The van der Waals surface area contributed by atoms with Crippen LogP contribution >= 0.6 is 0 Å². The summed E-state index contributed by atoms with van der Waals surface area (Å²) in [6, 6.07) is -1.62. The van der Waals surface area contributed by atoms with Crippen molar-refractivity contribution >= 4 is 24.4 Å². The first kappa shape index (κ1) is 23.0. The van der Waals surface area contributed by atoms with Crippen LogP contribution in [0.4, 0.5) is 9.59 Å². The number of amides is 6. The SMILES string of the molecule is C=CCNC(=O)NC(=O)[N+]1(C(=O)[C@H](CC2CCCC2)CN(O)C=O)CCC[C@H]1C. The predicted molar refractivity (Wildman–Crippen MR) is 106 cm³/mol. The molecule has 1 saturated heterocycles. The van der Waals surface area contributed by atoms with Crippen LogP contribution in [-0.2, 0) is 9.59 Å². The average molecular weight is 410 g/mol. The van der Waals surface area contributed by atoms with Gasteiger partial charge < -0.3 is 5.32 Å². The van der Waals surface area contributed by atoms with E-state index in [1.165, 1.54) is 6.08 Å². The summed E-state index contributed by atoms with van der Waals surface area (Å²) in [6.45, 7) is 5.69. The molecule has 3 atom stereocenters. The second kappa shape index (κ2) is 10.5. The summed E-state index contributed by atoms with van der Waals surface area (Å²) in [7, 11) is 0. The Morgan fingerprint density at radius 3 is 2.48 bits per heavy atom. The smallest absolute Gasteiger partial charge is 0.334 e. The molecule has 0 aromatic carbocycles. The lowest BCUT2D eigenvalue weighted by molar-refractivity contribution is -0.786. The van der Waals surface area contributed by atoms with Crippen molar-refractivity contribution in [1.82, 2.24) is 15.7 Å². The third kappa shape index (κ3) is 5.42. The van der Waals surface area contributed by atoms with Gasteiger partial charge in [0.05, 0.1) is 19.0 Å². The van der Waals surface area contributed by atoms with Crippen molar-refractivity contribution in [2.75, 3.05) is 19.6 Å². The summed E-state index contributed by atoms with van der Waals surface area (Å²) in [6.07, 6.45) is 7.85. The standard InChI is InChI=1S/C20H32N4O5/c1-3-10-21-19(27)22-20(28)24(11-6-7-15(24)2)18(26)17(13-23(29)14-25)12-16-8-4-5-9-16/h3,14-17,29H,1,4-13H2,2H3,(H-,21,22,27,28)/p+1/t15-,17-,24?/m1/s1. The van der Waals surface area contributed by atoms with E-state index in [1.807, 2.05) is 6.92 Å². The second-order valence-electron chi connectivity index (χ2n) is 8.16. The number of urea groups is 2. The van der Waals surface area contributed by atoms with Gasteiger partial charge in [-0.15, -0.1) is 6.58 Å². The Hall–Kier alpha value is -2.26. The average Bonchev–Trinajstić information content (AvgIpc) is 3.35. The zero-order valence-electron chi connectivity index (χ0n) is 17.1. The maximum Gasteiger partial charge on any atom is 0.432 e. The van der Waals surface area contributed by atoms with Crippen molar-refractivity contribution < 1.29 is 28.9 Å². The topological polar surface area (TPSA) is 116 Å². The molecule has 1 aliphatic carbocycles. The highest BCUT2D eigenvalue weighted by Gasteiger charge is 2.55. The lowest BCUT2D eigenvalue weighted by Gasteiger charge is -2.36. The first-order chi connectivity index (χ1) is 13.8. The van der Waals surface area contributed by atoms with Gasteiger partial charge in [0.25, 0.3) is 0 Å². The van der Waals surface area contributed by atoms with Crippen LogP contribution in [0.2, 0.25) is 0 Å². The van der Waals surface area contributed by atoms with E-state index in [0.29, 0.717) is 36.8 Å². The summed E-state index contributed by atoms with van der Waals surface area (Å²) in [5.74, 6) is -0.673. The van der Waals surface area contributed by atoms with Crippen LogP contribution in [-0.4, -0.2) is 64.8 Å². The summed E-state index contributed by atoms with van der Waals surface area (Å²) >= 11 is 0. The minimum Gasteiger partial charge on any atom is -0.334 e. The molecule has 1 unspecified atom stereocenters. The normalized spacial score (nSPS) is 25.2. The Morgan fingerprint density at radius 1 is 1.24 bits per heavy atom. The van der Waals surface area contributed by atoms with Crippen molar-refractivity contribution in [3.8, 4) is 0 Å². The molecule has 6 amide bonds. The van der Waals surface area contributed by atoms with Crippen LogP contribution < -0.4 is 10.6 Å². The van der Waals surface area contributed by atoms with Crippen LogP contribution in [0, 0.1) is 11.8 Å². The number of carbonyl (C=O) groups excluding carboxylic acids is 4. The quantitative estimate of drug-likeness (QED) is 0.187. The Labute approximate surface area is 171 Å². The van der Waals surface area contributed by atoms with E-state index in [2.05, 4.69) is 17.2 Å². The number of hydroxylamine groups is 2. The molecule has 1 saturated carbocycles. The molecule has 1 heterocycles. The zero-order valence-corrected chi connectivity index (χ0v) is 17.1. The molecular formula is C20H33N4O5+. The van der Waals surface area contributed by atoms with Crippen molar-refractivity contribution in [2.45, 2.75) is 57.9 Å². The number of nitrogens with one attached hydrogen (secondary N) is 2. The largest absolute Gasteiger partial charge is 0.432 e. The maximum atomic E-state index is 13.7. The highest BCUT2D eigenvalue weighted by atomic mass is 16.5. The lowest BCUT2D eigenvalue weighted by Crippen LogP contribution is -2.66. The summed E-state index contributed by atoms with van der Waals surface area (Å²) in [5, 5.41) is 15.0. The molecule has 9 heteroatoms. The van der Waals surface area contributed by atoms with E-state index >= 15 is 0 Å². The van der Waals surface area contributed by atoms with Gasteiger partial charge in [-0.3, -0.25) is 10.0 Å². The van der Waals surface area contributed by atoms with E-state index in [-0.39, 0.29) is 31.4 Å².